The second-order valence-corrected chi connectivity index (χ2v) is 5.27. The summed E-state index contributed by atoms with van der Waals surface area (Å²) in [5, 5.41) is 27.0. The molecule has 0 heterocycles. The second-order valence-electron chi connectivity index (χ2n) is 5.27. The number of hydrogen-bond acceptors (Lipinski definition) is 5. The molecule has 2 aromatic rings. The van der Waals surface area contributed by atoms with Crippen molar-refractivity contribution in [3.63, 3.8) is 0 Å². The zero-order chi connectivity index (χ0) is 17.5. The van der Waals surface area contributed by atoms with Crippen LogP contribution in [0.25, 0.3) is 0 Å². The summed E-state index contributed by atoms with van der Waals surface area (Å²) in [7, 11) is 0. The third-order valence-corrected chi connectivity index (χ3v) is 3.44. The van der Waals surface area contributed by atoms with E-state index in [0.717, 1.165) is 0 Å². The van der Waals surface area contributed by atoms with Gasteiger partial charge in [0.15, 0.2) is 18.5 Å². The Hall–Kier alpha value is -2.70. The summed E-state index contributed by atoms with van der Waals surface area (Å²) in [6.45, 7) is -0.280. The molecule has 2 rings (SSSR count). The largest absolute Gasteiger partial charge is 0.485 e. The summed E-state index contributed by atoms with van der Waals surface area (Å²) in [6, 6.07) is 13.2. The number of benzene rings is 2. The summed E-state index contributed by atoms with van der Waals surface area (Å²) in [5.74, 6) is -1.02. The Labute approximate surface area is 138 Å². The topological polar surface area (TPSA) is 104 Å². The Morgan fingerprint density at radius 3 is 2.38 bits per heavy atom. The van der Waals surface area contributed by atoms with E-state index < -0.39 is 12.1 Å². The van der Waals surface area contributed by atoms with Gasteiger partial charge in [0, 0.05) is 12.0 Å². The first-order valence-corrected chi connectivity index (χ1v) is 7.35. The molecule has 6 heteroatoms. The highest BCUT2D eigenvalue weighted by Gasteiger charge is 2.13. The highest BCUT2D eigenvalue weighted by molar-refractivity contribution is 5.97. The summed E-state index contributed by atoms with van der Waals surface area (Å²) >= 11 is 0. The van der Waals surface area contributed by atoms with Crippen LogP contribution < -0.4 is 4.74 Å². The molecule has 0 fully saturated rings. The molecule has 1 atom stereocenters. The summed E-state index contributed by atoms with van der Waals surface area (Å²) in [4.78, 5) is 22.7. The predicted octanol–water partition coefficient (Wildman–Crippen LogP) is 1.43. The molecule has 0 aliphatic heterocycles. The van der Waals surface area contributed by atoms with Crippen molar-refractivity contribution in [3.05, 3.63) is 65.2 Å². The number of hydrogen-bond donors (Lipinski definition) is 3. The highest BCUT2D eigenvalue weighted by Crippen LogP contribution is 2.14. The van der Waals surface area contributed by atoms with Crippen LogP contribution in [0.15, 0.2) is 48.5 Å². The molecule has 126 valence electrons. The lowest BCUT2D eigenvalue weighted by Crippen LogP contribution is -2.21. The first kappa shape index (κ1) is 17.7. The maximum absolute atomic E-state index is 12.1. The monoisotopic (exact) mass is 330 g/mol. The van der Waals surface area contributed by atoms with Crippen molar-refractivity contribution in [1.29, 1.82) is 0 Å². The number of carbonyl (C=O) groups is 2. The van der Waals surface area contributed by atoms with Gasteiger partial charge in [-0.15, -0.1) is 0 Å². The van der Waals surface area contributed by atoms with Crippen LogP contribution >= 0.6 is 0 Å². The SMILES string of the molecule is O=C(COc1ccc(C[C@H](O)C(=O)O)cc1)c1cccc(CO)c1. The fourth-order valence-corrected chi connectivity index (χ4v) is 2.11. The van der Waals surface area contributed by atoms with Crippen molar-refractivity contribution >= 4 is 11.8 Å². The van der Waals surface area contributed by atoms with Crippen LogP contribution in [0.1, 0.15) is 21.5 Å². The van der Waals surface area contributed by atoms with Gasteiger partial charge in [-0.05, 0) is 29.3 Å². The van der Waals surface area contributed by atoms with Gasteiger partial charge in [0.2, 0.25) is 0 Å². The molecule has 0 aliphatic carbocycles. The second kappa shape index (κ2) is 8.24. The van der Waals surface area contributed by atoms with Gasteiger partial charge in [0.05, 0.1) is 6.61 Å². The number of carboxylic acids is 1. The standard InChI is InChI=1S/C18H18O6/c19-10-13-2-1-3-14(8-13)17(21)11-24-15-6-4-12(5-7-15)9-16(20)18(22)23/h1-8,16,19-20H,9-11H2,(H,22,23)/t16-/m0/s1. The van der Waals surface area contributed by atoms with E-state index in [-0.39, 0.29) is 25.4 Å². The average Bonchev–Trinajstić information content (AvgIpc) is 2.60. The number of carbonyl (C=O) groups excluding carboxylic acids is 1. The van der Waals surface area contributed by atoms with Gasteiger partial charge in [-0.1, -0.05) is 30.3 Å². The summed E-state index contributed by atoms with van der Waals surface area (Å²) < 4.78 is 5.41. The van der Waals surface area contributed by atoms with Crippen LogP contribution in [0.2, 0.25) is 0 Å². The fourth-order valence-electron chi connectivity index (χ4n) is 2.11. The normalized spacial score (nSPS) is 11.8. The zero-order valence-corrected chi connectivity index (χ0v) is 12.9. The Kier molecular flexibility index (Phi) is 6.06. The van der Waals surface area contributed by atoms with Gasteiger partial charge in [0.1, 0.15) is 5.75 Å². The van der Waals surface area contributed by atoms with Crippen molar-refractivity contribution < 1.29 is 29.6 Å². The average molecular weight is 330 g/mol. The smallest absolute Gasteiger partial charge is 0.332 e. The van der Waals surface area contributed by atoms with E-state index in [1.807, 2.05) is 0 Å². The molecule has 0 unspecified atom stereocenters. The number of ketones is 1. The molecule has 0 saturated heterocycles. The number of aliphatic hydroxyl groups is 2. The van der Waals surface area contributed by atoms with Gasteiger partial charge < -0.3 is 20.1 Å². The Bertz CT molecular complexity index is 708. The number of carboxylic acid groups (broad SMARTS) is 1. The quantitative estimate of drug-likeness (QED) is 0.633. The lowest BCUT2D eigenvalue weighted by atomic mass is 10.1. The van der Waals surface area contributed by atoms with Gasteiger partial charge in [-0.2, -0.15) is 0 Å². The Morgan fingerprint density at radius 2 is 1.75 bits per heavy atom. The van der Waals surface area contributed by atoms with Crippen LogP contribution in [0.5, 0.6) is 5.75 Å². The molecule has 2 aromatic carbocycles. The summed E-state index contributed by atoms with van der Waals surface area (Å²) in [6.07, 6.45) is -1.44. The molecule has 0 bridgehead atoms. The molecule has 24 heavy (non-hydrogen) atoms. The predicted molar refractivity (Wildman–Crippen MR) is 86.0 cm³/mol. The van der Waals surface area contributed by atoms with E-state index in [1.165, 1.54) is 0 Å². The third kappa shape index (κ3) is 4.91. The van der Waals surface area contributed by atoms with Gasteiger partial charge in [-0.25, -0.2) is 4.79 Å². The van der Waals surface area contributed by atoms with Crippen LogP contribution in [0.3, 0.4) is 0 Å². The number of Topliss-reactive ketones (excluding diaryl/α,β-unsaturated/α-hetero) is 1. The Balaban J connectivity index is 1.92. The van der Waals surface area contributed by atoms with Crippen LogP contribution in [0.4, 0.5) is 0 Å². The molecule has 0 aromatic heterocycles. The maximum atomic E-state index is 12.1. The lowest BCUT2D eigenvalue weighted by molar-refractivity contribution is -0.146. The lowest BCUT2D eigenvalue weighted by Gasteiger charge is -2.08. The van der Waals surface area contributed by atoms with Crippen molar-refractivity contribution in [1.82, 2.24) is 0 Å². The fraction of sp³-hybridized carbons (Fsp3) is 0.222. The minimum absolute atomic E-state index is 0.00248. The van der Waals surface area contributed by atoms with Crippen molar-refractivity contribution in [2.24, 2.45) is 0 Å². The first-order valence-electron chi connectivity index (χ1n) is 7.35. The van der Waals surface area contributed by atoms with Gasteiger partial charge >= 0.3 is 5.97 Å². The number of aliphatic hydroxyl groups excluding tert-OH is 2. The molecule has 6 nitrogen and oxygen atoms in total. The third-order valence-electron chi connectivity index (χ3n) is 3.44. The van der Waals surface area contributed by atoms with E-state index in [2.05, 4.69) is 0 Å². The molecular formula is C18H18O6. The minimum Gasteiger partial charge on any atom is -0.485 e. The van der Waals surface area contributed by atoms with Crippen molar-refractivity contribution in [2.45, 2.75) is 19.1 Å². The zero-order valence-electron chi connectivity index (χ0n) is 12.9. The van der Waals surface area contributed by atoms with E-state index in [1.54, 1.807) is 48.5 Å². The van der Waals surface area contributed by atoms with Crippen LogP contribution in [0, 0.1) is 0 Å². The highest BCUT2D eigenvalue weighted by atomic mass is 16.5. The van der Waals surface area contributed by atoms with E-state index >= 15 is 0 Å². The van der Waals surface area contributed by atoms with E-state index in [0.29, 0.717) is 22.4 Å². The molecule has 0 aliphatic rings. The van der Waals surface area contributed by atoms with Crippen molar-refractivity contribution in [3.8, 4) is 5.75 Å². The molecular weight excluding hydrogens is 312 g/mol. The molecule has 0 spiro atoms. The van der Waals surface area contributed by atoms with Gasteiger partial charge in [-0.3, -0.25) is 4.79 Å². The van der Waals surface area contributed by atoms with Crippen LogP contribution in [-0.2, 0) is 17.8 Å². The number of aliphatic carboxylic acids is 1. The molecule has 0 radical (unpaired) electrons. The Morgan fingerprint density at radius 1 is 1.04 bits per heavy atom. The van der Waals surface area contributed by atoms with E-state index in [9.17, 15) is 14.7 Å². The molecule has 0 amide bonds. The summed E-state index contributed by atoms with van der Waals surface area (Å²) in [5.41, 5.74) is 1.77. The van der Waals surface area contributed by atoms with Crippen molar-refractivity contribution in [2.75, 3.05) is 6.61 Å². The molecule has 0 saturated carbocycles. The van der Waals surface area contributed by atoms with Crippen LogP contribution in [-0.4, -0.2) is 39.8 Å². The molecule has 3 N–H and O–H groups in total. The maximum Gasteiger partial charge on any atom is 0.332 e. The minimum atomic E-state index is -1.45. The van der Waals surface area contributed by atoms with Gasteiger partial charge in [0.25, 0.3) is 0 Å². The number of rotatable bonds is 8. The first-order chi connectivity index (χ1) is 11.5. The van der Waals surface area contributed by atoms with E-state index in [4.69, 9.17) is 14.9 Å². The number of ether oxygens (including phenoxy) is 1.